The Morgan fingerprint density at radius 3 is 3.00 bits per heavy atom. The highest BCUT2D eigenvalue weighted by Gasteiger charge is 2.10. The maximum atomic E-state index is 5.78. The molecule has 0 amide bonds. The summed E-state index contributed by atoms with van der Waals surface area (Å²) in [6.07, 6.45) is 3.26. The van der Waals surface area contributed by atoms with E-state index in [9.17, 15) is 0 Å². The largest absolute Gasteiger partial charge is 0.472 e. The Bertz CT molecular complexity index is 411. The highest BCUT2D eigenvalue weighted by molar-refractivity contribution is 6.20. The maximum Gasteiger partial charge on any atom is 0.315 e. The van der Waals surface area contributed by atoms with Gasteiger partial charge in [0.15, 0.2) is 0 Å². The molecule has 0 saturated carbocycles. The van der Waals surface area contributed by atoms with E-state index in [0.717, 1.165) is 5.56 Å². The van der Waals surface area contributed by atoms with Gasteiger partial charge in [-0.15, -0.1) is 16.7 Å². The van der Waals surface area contributed by atoms with Crippen molar-refractivity contribution in [2.24, 2.45) is 0 Å². The number of aromatic nitrogens is 2. The van der Waals surface area contributed by atoms with Gasteiger partial charge in [-0.3, -0.25) is 0 Å². The second-order valence-electron chi connectivity index (χ2n) is 3.05. The number of alkyl halides is 1. The summed E-state index contributed by atoms with van der Waals surface area (Å²) < 4.78 is 10.2. The zero-order valence-electron chi connectivity index (χ0n) is 8.11. The highest BCUT2D eigenvalue weighted by atomic mass is 35.5. The Hall–Kier alpha value is -1.49. The summed E-state index contributed by atoms with van der Waals surface area (Å²) in [4.78, 5) is 0. The summed E-state index contributed by atoms with van der Waals surface area (Å²) in [5, 5.41) is 10.3. The molecular weight excluding hydrogens is 218 g/mol. The molecule has 0 saturated heterocycles. The molecule has 0 radical (unpaired) electrons. The lowest BCUT2D eigenvalue weighted by Gasteiger charge is -1.97. The fraction of sp³-hybridized carbons (Fsp3) is 0.333. The number of nitrogens with one attached hydrogen (secondary N) is 1. The van der Waals surface area contributed by atoms with Gasteiger partial charge in [-0.2, -0.15) is 0 Å². The molecule has 0 fully saturated rings. The van der Waals surface area contributed by atoms with Crippen LogP contribution in [0.1, 0.15) is 23.8 Å². The van der Waals surface area contributed by atoms with E-state index in [2.05, 4.69) is 15.5 Å². The molecule has 1 atom stereocenters. The predicted octanol–water partition coefficient (Wildman–Crippen LogP) is 2.57. The van der Waals surface area contributed by atoms with Crippen molar-refractivity contribution in [3.63, 3.8) is 0 Å². The van der Waals surface area contributed by atoms with Crippen LogP contribution in [0.4, 0.5) is 6.01 Å². The third kappa shape index (κ3) is 2.50. The van der Waals surface area contributed by atoms with E-state index >= 15 is 0 Å². The molecule has 6 heteroatoms. The van der Waals surface area contributed by atoms with E-state index in [1.54, 1.807) is 19.5 Å². The average Bonchev–Trinajstić information content (AvgIpc) is 2.86. The number of furan rings is 1. The lowest BCUT2D eigenvalue weighted by molar-refractivity contribution is 0.505. The molecule has 2 heterocycles. The van der Waals surface area contributed by atoms with Crippen molar-refractivity contribution in [1.82, 2.24) is 10.2 Å². The monoisotopic (exact) mass is 227 g/mol. The summed E-state index contributed by atoms with van der Waals surface area (Å²) in [6, 6.07) is 2.22. The quantitative estimate of drug-likeness (QED) is 0.814. The Morgan fingerprint density at radius 1 is 1.53 bits per heavy atom. The smallest absolute Gasteiger partial charge is 0.315 e. The number of halogens is 1. The molecule has 1 N–H and O–H groups in total. The second kappa shape index (κ2) is 4.35. The third-order valence-corrected chi connectivity index (χ3v) is 1.99. The van der Waals surface area contributed by atoms with Crippen LogP contribution in [0.3, 0.4) is 0 Å². The summed E-state index contributed by atoms with van der Waals surface area (Å²) >= 11 is 5.78. The molecule has 5 nitrogen and oxygen atoms in total. The lowest BCUT2D eigenvalue weighted by atomic mass is 10.3. The van der Waals surface area contributed by atoms with Crippen molar-refractivity contribution in [2.45, 2.75) is 18.8 Å². The highest BCUT2D eigenvalue weighted by Crippen LogP contribution is 2.19. The number of hydrogen-bond donors (Lipinski definition) is 1. The van der Waals surface area contributed by atoms with E-state index in [0.29, 0.717) is 18.5 Å². The van der Waals surface area contributed by atoms with Gasteiger partial charge in [0, 0.05) is 12.1 Å². The minimum Gasteiger partial charge on any atom is -0.472 e. The van der Waals surface area contributed by atoms with Crippen LogP contribution in [0.25, 0.3) is 0 Å². The first kappa shape index (κ1) is 10.0. The SMILES string of the molecule is CC(Cl)c1nnc(NCc2ccoc2)o1. The van der Waals surface area contributed by atoms with Crippen LogP contribution in [0.2, 0.25) is 0 Å². The Labute approximate surface area is 91.4 Å². The molecule has 0 aliphatic heterocycles. The predicted molar refractivity (Wildman–Crippen MR) is 54.6 cm³/mol. The molecule has 2 aromatic rings. The lowest BCUT2D eigenvalue weighted by Crippen LogP contribution is -1.97. The maximum absolute atomic E-state index is 5.78. The normalized spacial score (nSPS) is 12.7. The average molecular weight is 228 g/mol. The van der Waals surface area contributed by atoms with Crippen LogP contribution in [0, 0.1) is 0 Å². The van der Waals surface area contributed by atoms with Crippen molar-refractivity contribution >= 4 is 17.6 Å². The number of hydrogen-bond acceptors (Lipinski definition) is 5. The van der Waals surface area contributed by atoms with Crippen LogP contribution in [-0.2, 0) is 6.54 Å². The molecule has 0 aliphatic rings. The van der Waals surface area contributed by atoms with E-state index in [-0.39, 0.29) is 5.38 Å². The van der Waals surface area contributed by atoms with Gasteiger partial charge in [-0.1, -0.05) is 5.10 Å². The number of rotatable bonds is 4. The number of anilines is 1. The summed E-state index contributed by atoms with van der Waals surface area (Å²) in [7, 11) is 0. The van der Waals surface area contributed by atoms with E-state index in [4.69, 9.17) is 20.4 Å². The molecule has 1 unspecified atom stereocenters. The van der Waals surface area contributed by atoms with Crippen molar-refractivity contribution in [3.8, 4) is 0 Å². The standard InChI is InChI=1S/C9H10ClN3O2/c1-6(10)8-12-13-9(15-8)11-4-7-2-3-14-5-7/h2-3,5-6H,4H2,1H3,(H,11,13). The minimum atomic E-state index is -0.276. The summed E-state index contributed by atoms with van der Waals surface area (Å²) in [6.45, 7) is 2.35. The topological polar surface area (TPSA) is 64.1 Å². The molecule has 0 aromatic carbocycles. The Morgan fingerprint density at radius 2 is 2.40 bits per heavy atom. The van der Waals surface area contributed by atoms with Crippen LogP contribution >= 0.6 is 11.6 Å². The molecule has 2 aromatic heterocycles. The van der Waals surface area contributed by atoms with Gasteiger partial charge in [-0.05, 0) is 13.0 Å². The summed E-state index contributed by atoms with van der Waals surface area (Å²) in [5.74, 6) is 0.409. The zero-order chi connectivity index (χ0) is 10.7. The Balaban J connectivity index is 1.94. The molecule has 2 rings (SSSR count). The number of nitrogens with zero attached hydrogens (tertiary/aromatic N) is 2. The van der Waals surface area contributed by atoms with Crippen molar-refractivity contribution in [2.75, 3.05) is 5.32 Å². The molecule has 0 aliphatic carbocycles. The van der Waals surface area contributed by atoms with Crippen LogP contribution < -0.4 is 5.32 Å². The first-order valence-electron chi connectivity index (χ1n) is 4.48. The molecule has 0 spiro atoms. The van der Waals surface area contributed by atoms with Crippen LogP contribution in [-0.4, -0.2) is 10.2 Å². The molecular formula is C9H10ClN3O2. The van der Waals surface area contributed by atoms with Gasteiger partial charge >= 0.3 is 6.01 Å². The van der Waals surface area contributed by atoms with Crippen molar-refractivity contribution in [1.29, 1.82) is 0 Å². The van der Waals surface area contributed by atoms with Gasteiger partial charge < -0.3 is 14.2 Å². The minimum absolute atomic E-state index is 0.276. The molecule has 80 valence electrons. The van der Waals surface area contributed by atoms with Gasteiger partial charge in [0.05, 0.1) is 12.5 Å². The van der Waals surface area contributed by atoms with Gasteiger partial charge in [-0.25, -0.2) is 0 Å². The van der Waals surface area contributed by atoms with Crippen molar-refractivity contribution < 1.29 is 8.83 Å². The molecule has 0 bridgehead atoms. The first-order chi connectivity index (χ1) is 7.25. The van der Waals surface area contributed by atoms with Gasteiger partial charge in [0.25, 0.3) is 0 Å². The van der Waals surface area contributed by atoms with Crippen LogP contribution in [0.15, 0.2) is 27.4 Å². The fourth-order valence-corrected chi connectivity index (χ4v) is 1.13. The second-order valence-corrected chi connectivity index (χ2v) is 3.70. The van der Waals surface area contributed by atoms with E-state index < -0.39 is 0 Å². The van der Waals surface area contributed by atoms with Crippen LogP contribution in [0.5, 0.6) is 0 Å². The Kier molecular flexibility index (Phi) is 2.91. The van der Waals surface area contributed by atoms with E-state index in [1.807, 2.05) is 6.07 Å². The van der Waals surface area contributed by atoms with Crippen molar-refractivity contribution in [3.05, 3.63) is 30.0 Å². The van der Waals surface area contributed by atoms with E-state index in [1.165, 1.54) is 0 Å². The fourth-order valence-electron chi connectivity index (χ4n) is 1.04. The molecule has 15 heavy (non-hydrogen) atoms. The zero-order valence-corrected chi connectivity index (χ0v) is 8.86. The first-order valence-corrected chi connectivity index (χ1v) is 4.92. The summed E-state index contributed by atoms with van der Waals surface area (Å²) in [5.41, 5.74) is 1.01. The van der Waals surface area contributed by atoms with Gasteiger partial charge in [0.1, 0.15) is 5.38 Å². The van der Waals surface area contributed by atoms with Gasteiger partial charge in [0.2, 0.25) is 5.89 Å². The third-order valence-electron chi connectivity index (χ3n) is 1.80.